The summed E-state index contributed by atoms with van der Waals surface area (Å²) in [5.74, 6) is 0.186. The van der Waals surface area contributed by atoms with Crippen LogP contribution in [0.4, 0.5) is 5.69 Å². The summed E-state index contributed by atoms with van der Waals surface area (Å²) in [5, 5.41) is 12.6. The number of aromatic nitrogens is 2. The van der Waals surface area contributed by atoms with Gasteiger partial charge in [0.05, 0.1) is 10.1 Å². The van der Waals surface area contributed by atoms with Crippen LogP contribution >= 0.6 is 23.1 Å². The highest BCUT2D eigenvalue weighted by molar-refractivity contribution is 8.00. The van der Waals surface area contributed by atoms with Gasteiger partial charge in [-0.2, -0.15) is 0 Å². The van der Waals surface area contributed by atoms with Gasteiger partial charge in [0.15, 0.2) is 5.78 Å². The maximum absolute atomic E-state index is 12.3. The first-order valence-corrected chi connectivity index (χ1v) is 9.25. The maximum atomic E-state index is 12.3. The first-order valence-electron chi connectivity index (χ1n) is 7.49. The van der Waals surface area contributed by atoms with Gasteiger partial charge in [-0.15, -0.1) is 21.5 Å². The van der Waals surface area contributed by atoms with Crippen molar-refractivity contribution >= 4 is 40.5 Å². The number of carbonyl (C=O) groups is 2. The highest BCUT2D eigenvalue weighted by Gasteiger charge is 2.19. The SMILES string of the molecule is CC(=O)c1cccc(NC(=O)[C@@H](C)Sc2nnc(-c3cccs3)o2)c1. The minimum Gasteiger partial charge on any atom is -0.410 e. The number of thioether (sulfide) groups is 1. The van der Waals surface area contributed by atoms with Crippen molar-refractivity contribution in [2.45, 2.75) is 24.3 Å². The van der Waals surface area contributed by atoms with Crippen molar-refractivity contribution in [1.82, 2.24) is 10.2 Å². The van der Waals surface area contributed by atoms with Crippen LogP contribution in [0.3, 0.4) is 0 Å². The van der Waals surface area contributed by atoms with Crippen molar-refractivity contribution in [3.05, 3.63) is 47.3 Å². The number of benzene rings is 1. The lowest BCUT2D eigenvalue weighted by Gasteiger charge is -2.10. The zero-order valence-electron chi connectivity index (χ0n) is 13.6. The number of hydrogen-bond donors (Lipinski definition) is 1. The van der Waals surface area contributed by atoms with E-state index >= 15 is 0 Å². The summed E-state index contributed by atoms with van der Waals surface area (Å²) >= 11 is 2.69. The van der Waals surface area contributed by atoms with E-state index in [1.54, 1.807) is 31.2 Å². The van der Waals surface area contributed by atoms with Gasteiger partial charge in [-0.1, -0.05) is 30.0 Å². The Kier molecular flexibility index (Phi) is 5.30. The van der Waals surface area contributed by atoms with Crippen LogP contribution in [-0.2, 0) is 4.79 Å². The summed E-state index contributed by atoms with van der Waals surface area (Å²) in [6.45, 7) is 3.24. The van der Waals surface area contributed by atoms with Crippen LogP contribution in [0.1, 0.15) is 24.2 Å². The van der Waals surface area contributed by atoms with E-state index in [4.69, 9.17) is 4.42 Å². The molecule has 0 saturated heterocycles. The first kappa shape index (κ1) is 17.4. The molecule has 0 aliphatic rings. The van der Waals surface area contributed by atoms with E-state index in [0.29, 0.717) is 22.4 Å². The van der Waals surface area contributed by atoms with Crippen molar-refractivity contribution in [1.29, 1.82) is 0 Å². The number of anilines is 1. The monoisotopic (exact) mass is 373 g/mol. The second-order valence-corrected chi connectivity index (χ2v) is 7.48. The van der Waals surface area contributed by atoms with Gasteiger partial charge in [-0.3, -0.25) is 9.59 Å². The number of Topliss-reactive ketones (excluding diaryl/α,β-unsaturated/α-hetero) is 1. The number of ketones is 1. The van der Waals surface area contributed by atoms with Crippen LogP contribution in [0, 0.1) is 0 Å². The normalized spacial score (nSPS) is 11.9. The molecule has 0 aliphatic heterocycles. The summed E-state index contributed by atoms with van der Waals surface area (Å²) in [5.41, 5.74) is 1.13. The molecule has 0 fully saturated rings. The predicted molar refractivity (Wildman–Crippen MR) is 98.0 cm³/mol. The first-order chi connectivity index (χ1) is 12.0. The van der Waals surface area contributed by atoms with Crippen molar-refractivity contribution in [2.75, 3.05) is 5.32 Å². The average Bonchev–Trinajstić information content (AvgIpc) is 3.26. The molecule has 3 rings (SSSR count). The van der Waals surface area contributed by atoms with Gasteiger partial charge in [0.2, 0.25) is 5.91 Å². The highest BCUT2D eigenvalue weighted by atomic mass is 32.2. The lowest BCUT2D eigenvalue weighted by molar-refractivity contribution is -0.115. The van der Waals surface area contributed by atoms with E-state index in [1.807, 2.05) is 17.5 Å². The lowest BCUT2D eigenvalue weighted by Crippen LogP contribution is -2.22. The molecule has 2 heterocycles. The van der Waals surface area contributed by atoms with Crippen LogP contribution in [0.15, 0.2) is 51.4 Å². The fourth-order valence-electron chi connectivity index (χ4n) is 2.02. The number of carbonyl (C=O) groups excluding carboxylic acids is 2. The number of nitrogens with zero attached hydrogens (tertiary/aromatic N) is 2. The Labute approximate surface area is 152 Å². The third-order valence-corrected chi connectivity index (χ3v) is 5.11. The zero-order chi connectivity index (χ0) is 17.8. The van der Waals surface area contributed by atoms with Gasteiger partial charge in [-0.05, 0) is 37.4 Å². The van der Waals surface area contributed by atoms with Crippen LogP contribution in [0.2, 0.25) is 0 Å². The summed E-state index contributed by atoms with van der Waals surface area (Å²) in [6.07, 6.45) is 0. The molecule has 3 aromatic rings. The molecule has 1 amide bonds. The predicted octanol–water partition coefficient (Wildman–Crippen LogP) is 4.12. The maximum Gasteiger partial charge on any atom is 0.277 e. The zero-order valence-corrected chi connectivity index (χ0v) is 15.2. The summed E-state index contributed by atoms with van der Waals surface area (Å²) in [6, 6.07) is 10.6. The molecule has 128 valence electrons. The molecule has 0 spiro atoms. The Morgan fingerprint density at radius 1 is 1.24 bits per heavy atom. The third-order valence-electron chi connectivity index (χ3n) is 3.32. The summed E-state index contributed by atoms with van der Waals surface area (Å²) in [4.78, 5) is 24.6. The van der Waals surface area contributed by atoms with Gasteiger partial charge in [0.1, 0.15) is 0 Å². The minimum absolute atomic E-state index is 0.0505. The van der Waals surface area contributed by atoms with Crippen molar-refractivity contribution in [2.24, 2.45) is 0 Å². The smallest absolute Gasteiger partial charge is 0.277 e. The fraction of sp³-hybridized carbons (Fsp3) is 0.176. The van der Waals surface area contributed by atoms with E-state index in [-0.39, 0.29) is 11.7 Å². The Bertz CT molecular complexity index is 890. The molecule has 6 nitrogen and oxygen atoms in total. The third kappa shape index (κ3) is 4.34. The van der Waals surface area contributed by atoms with E-state index in [9.17, 15) is 9.59 Å². The van der Waals surface area contributed by atoms with Gasteiger partial charge in [0, 0.05) is 11.3 Å². The van der Waals surface area contributed by atoms with Crippen LogP contribution < -0.4 is 5.32 Å². The standard InChI is InChI=1S/C17H15N3O3S2/c1-10(21)12-5-3-6-13(9-12)18-15(22)11(2)25-17-20-19-16(23-17)14-7-4-8-24-14/h3-9,11H,1-2H3,(H,18,22)/t11-/m1/s1. The minimum atomic E-state index is -0.433. The molecular weight excluding hydrogens is 358 g/mol. The number of thiophene rings is 1. The Morgan fingerprint density at radius 3 is 2.80 bits per heavy atom. The van der Waals surface area contributed by atoms with Crippen LogP contribution in [0.25, 0.3) is 10.8 Å². The van der Waals surface area contributed by atoms with E-state index in [0.717, 1.165) is 4.88 Å². The van der Waals surface area contributed by atoms with E-state index in [2.05, 4.69) is 15.5 Å². The largest absolute Gasteiger partial charge is 0.410 e. The van der Waals surface area contributed by atoms with E-state index < -0.39 is 5.25 Å². The second-order valence-electron chi connectivity index (χ2n) is 5.24. The Balaban J connectivity index is 1.63. The summed E-state index contributed by atoms with van der Waals surface area (Å²) < 4.78 is 5.58. The molecule has 0 bridgehead atoms. The average molecular weight is 373 g/mol. The van der Waals surface area contributed by atoms with Crippen molar-refractivity contribution in [3.8, 4) is 10.8 Å². The van der Waals surface area contributed by atoms with Gasteiger partial charge in [0.25, 0.3) is 11.1 Å². The molecule has 0 radical (unpaired) electrons. The lowest BCUT2D eigenvalue weighted by atomic mass is 10.1. The van der Waals surface area contributed by atoms with Gasteiger partial charge in [-0.25, -0.2) is 0 Å². The molecule has 0 aliphatic carbocycles. The van der Waals surface area contributed by atoms with Gasteiger partial charge < -0.3 is 9.73 Å². The van der Waals surface area contributed by atoms with Crippen LogP contribution in [-0.4, -0.2) is 27.1 Å². The molecule has 25 heavy (non-hydrogen) atoms. The second kappa shape index (κ2) is 7.62. The quantitative estimate of drug-likeness (QED) is 0.517. The molecule has 2 aromatic heterocycles. The van der Waals surface area contributed by atoms with Gasteiger partial charge >= 0.3 is 0 Å². The highest BCUT2D eigenvalue weighted by Crippen LogP contribution is 2.28. The molecule has 0 unspecified atom stereocenters. The van der Waals surface area contributed by atoms with E-state index in [1.165, 1.54) is 30.0 Å². The number of amides is 1. The molecule has 1 atom stereocenters. The number of rotatable bonds is 6. The topological polar surface area (TPSA) is 85.1 Å². The number of hydrogen-bond acceptors (Lipinski definition) is 7. The Hall–Kier alpha value is -2.45. The molecule has 8 heteroatoms. The molecular formula is C17H15N3O3S2. The molecule has 1 aromatic carbocycles. The summed E-state index contributed by atoms with van der Waals surface area (Å²) in [7, 11) is 0. The number of nitrogens with one attached hydrogen (secondary N) is 1. The van der Waals surface area contributed by atoms with Crippen molar-refractivity contribution in [3.63, 3.8) is 0 Å². The fourth-order valence-corrected chi connectivity index (χ4v) is 3.35. The Morgan fingerprint density at radius 2 is 2.08 bits per heavy atom. The molecule has 1 N–H and O–H groups in total. The van der Waals surface area contributed by atoms with Crippen LogP contribution in [0.5, 0.6) is 0 Å². The molecule has 0 saturated carbocycles. The van der Waals surface area contributed by atoms with Crippen molar-refractivity contribution < 1.29 is 14.0 Å².